The Hall–Kier alpha value is -0.160. The van der Waals surface area contributed by atoms with E-state index in [4.69, 9.17) is 9.47 Å². The van der Waals surface area contributed by atoms with Crippen LogP contribution in [0.5, 0.6) is 0 Å². The highest BCUT2D eigenvalue weighted by Gasteiger charge is 2.18. The summed E-state index contributed by atoms with van der Waals surface area (Å²) in [6, 6.07) is 0.618. The number of aliphatic hydroxyl groups is 1. The van der Waals surface area contributed by atoms with E-state index < -0.39 is 0 Å². The molecule has 1 saturated carbocycles. The molecule has 0 aliphatic heterocycles. The van der Waals surface area contributed by atoms with Crippen LogP contribution in [0.25, 0.3) is 0 Å². The number of aliphatic hydroxyl groups excluding tert-OH is 1. The second kappa shape index (κ2) is 9.83. The van der Waals surface area contributed by atoms with Crippen LogP contribution in [0, 0.1) is 0 Å². The van der Waals surface area contributed by atoms with Gasteiger partial charge in [0.25, 0.3) is 0 Å². The molecular formula is C13H27NO3. The van der Waals surface area contributed by atoms with E-state index in [2.05, 4.69) is 5.32 Å². The Bertz CT molecular complexity index is 170. The Labute approximate surface area is 105 Å². The highest BCUT2D eigenvalue weighted by atomic mass is 16.5. The van der Waals surface area contributed by atoms with Gasteiger partial charge in [-0.2, -0.15) is 0 Å². The van der Waals surface area contributed by atoms with Gasteiger partial charge < -0.3 is 19.9 Å². The number of methoxy groups -OCH3 is 1. The van der Waals surface area contributed by atoms with E-state index >= 15 is 0 Å². The zero-order valence-corrected chi connectivity index (χ0v) is 11.0. The summed E-state index contributed by atoms with van der Waals surface area (Å²) in [6.07, 6.45) is 6.35. The Kier molecular flexibility index (Phi) is 8.61. The van der Waals surface area contributed by atoms with Gasteiger partial charge in [0.2, 0.25) is 0 Å². The number of hydrogen-bond acceptors (Lipinski definition) is 4. The van der Waals surface area contributed by atoms with Crippen molar-refractivity contribution in [3.8, 4) is 0 Å². The largest absolute Gasteiger partial charge is 0.393 e. The molecule has 1 fully saturated rings. The quantitative estimate of drug-likeness (QED) is 0.602. The monoisotopic (exact) mass is 245 g/mol. The lowest BCUT2D eigenvalue weighted by molar-refractivity contribution is 0.0685. The summed E-state index contributed by atoms with van der Waals surface area (Å²) < 4.78 is 10.3. The maximum atomic E-state index is 9.38. The summed E-state index contributed by atoms with van der Waals surface area (Å²) in [4.78, 5) is 0. The highest BCUT2D eigenvalue weighted by molar-refractivity contribution is 4.76. The molecule has 0 spiro atoms. The van der Waals surface area contributed by atoms with Crippen molar-refractivity contribution < 1.29 is 14.6 Å². The van der Waals surface area contributed by atoms with E-state index in [-0.39, 0.29) is 6.10 Å². The molecule has 0 radical (unpaired) electrons. The molecule has 0 atom stereocenters. The molecule has 2 N–H and O–H groups in total. The van der Waals surface area contributed by atoms with Crippen molar-refractivity contribution in [2.24, 2.45) is 0 Å². The maximum Gasteiger partial charge on any atom is 0.0700 e. The zero-order valence-electron chi connectivity index (χ0n) is 11.0. The van der Waals surface area contributed by atoms with E-state index in [1.807, 2.05) is 0 Å². The first-order valence-corrected chi connectivity index (χ1v) is 6.81. The average molecular weight is 245 g/mol. The smallest absolute Gasteiger partial charge is 0.0700 e. The summed E-state index contributed by atoms with van der Waals surface area (Å²) in [5.41, 5.74) is 0. The third-order valence-corrected chi connectivity index (χ3v) is 3.28. The third-order valence-electron chi connectivity index (χ3n) is 3.28. The van der Waals surface area contributed by atoms with Gasteiger partial charge in [0.15, 0.2) is 0 Å². The van der Waals surface area contributed by atoms with Gasteiger partial charge in [0.05, 0.1) is 19.3 Å². The molecule has 0 heterocycles. The zero-order chi connectivity index (χ0) is 12.3. The fourth-order valence-corrected chi connectivity index (χ4v) is 2.16. The van der Waals surface area contributed by atoms with Gasteiger partial charge in [-0.15, -0.1) is 0 Å². The van der Waals surface area contributed by atoms with Gasteiger partial charge in [-0.1, -0.05) is 0 Å². The second-order valence-corrected chi connectivity index (χ2v) is 4.77. The molecule has 1 aliphatic rings. The van der Waals surface area contributed by atoms with E-state index in [9.17, 15) is 5.11 Å². The molecule has 1 rings (SSSR count). The van der Waals surface area contributed by atoms with Gasteiger partial charge in [0.1, 0.15) is 0 Å². The van der Waals surface area contributed by atoms with Gasteiger partial charge in [0, 0.05) is 19.8 Å². The van der Waals surface area contributed by atoms with Crippen LogP contribution in [-0.2, 0) is 9.47 Å². The molecule has 0 amide bonds. The van der Waals surface area contributed by atoms with Gasteiger partial charge in [-0.25, -0.2) is 0 Å². The molecule has 0 unspecified atom stereocenters. The molecule has 0 saturated heterocycles. The van der Waals surface area contributed by atoms with Crippen molar-refractivity contribution >= 4 is 0 Å². The Morgan fingerprint density at radius 1 is 1.06 bits per heavy atom. The first-order valence-electron chi connectivity index (χ1n) is 6.81. The topological polar surface area (TPSA) is 50.7 Å². The number of ether oxygens (including phenoxy) is 2. The number of rotatable bonds is 9. The number of nitrogens with one attached hydrogen (secondary N) is 1. The van der Waals surface area contributed by atoms with Gasteiger partial charge >= 0.3 is 0 Å². The van der Waals surface area contributed by atoms with Crippen molar-refractivity contribution in [1.82, 2.24) is 5.32 Å². The highest BCUT2D eigenvalue weighted by Crippen LogP contribution is 2.18. The first-order chi connectivity index (χ1) is 8.33. The molecule has 0 bridgehead atoms. The van der Waals surface area contributed by atoms with Crippen LogP contribution in [0.2, 0.25) is 0 Å². The molecule has 0 aromatic rings. The van der Waals surface area contributed by atoms with Crippen molar-refractivity contribution in [3.05, 3.63) is 0 Å². The van der Waals surface area contributed by atoms with Crippen LogP contribution in [0.1, 0.15) is 38.5 Å². The third kappa shape index (κ3) is 7.71. The van der Waals surface area contributed by atoms with Crippen LogP contribution in [0.15, 0.2) is 0 Å². The molecule has 102 valence electrons. The van der Waals surface area contributed by atoms with Crippen LogP contribution >= 0.6 is 0 Å². The fourth-order valence-electron chi connectivity index (χ4n) is 2.16. The standard InChI is InChI=1S/C13H27NO3/c1-16-10-11-17-9-3-2-8-14-12-4-6-13(15)7-5-12/h12-15H,2-11H2,1H3. The summed E-state index contributed by atoms with van der Waals surface area (Å²) in [7, 11) is 1.69. The summed E-state index contributed by atoms with van der Waals surface area (Å²) in [5.74, 6) is 0. The molecule has 17 heavy (non-hydrogen) atoms. The average Bonchev–Trinajstić information content (AvgIpc) is 2.35. The van der Waals surface area contributed by atoms with E-state index in [0.29, 0.717) is 19.3 Å². The lowest BCUT2D eigenvalue weighted by Crippen LogP contribution is -2.35. The minimum absolute atomic E-state index is 0.0535. The molecule has 0 aromatic carbocycles. The number of hydrogen-bond donors (Lipinski definition) is 2. The predicted molar refractivity (Wildman–Crippen MR) is 68.2 cm³/mol. The summed E-state index contributed by atoms with van der Waals surface area (Å²) >= 11 is 0. The minimum Gasteiger partial charge on any atom is -0.393 e. The first kappa shape index (κ1) is 14.9. The molecule has 4 nitrogen and oxygen atoms in total. The molecule has 1 aliphatic carbocycles. The van der Waals surface area contributed by atoms with Gasteiger partial charge in [-0.3, -0.25) is 0 Å². The van der Waals surface area contributed by atoms with E-state index in [0.717, 1.165) is 51.7 Å². The Balaban J connectivity index is 1.81. The molecular weight excluding hydrogens is 218 g/mol. The minimum atomic E-state index is -0.0535. The molecule has 0 aromatic heterocycles. The van der Waals surface area contributed by atoms with Crippen molar-refractivity contribution in [2.75, 3.05) is 33.5 Å². The summed E-state index contributed by atoms with van der Waals surface area (Å²) in [6.45, 7) is 3.27. The predicted octanol–water partition coefficient (Wildman–Crippen LogP) is 1.32. The second-order valence-electron chi connectivity index (χ2n) is 4.77. The SMILES string of the molecule is COCCOCCCCNC1CCC(O)CC1. The lowest BCUT2D eigenvalue weighted by atomic mass is 9.93. The molecule has 4 heteroatoms. The van der Waals surface area contributed by atoms with Crippen LogP contribution in [-0.4, -0.2) is 50.7 Å². The normalized spacial score (nSPS) is 25.1. The van der Waals surface area contributed by atoms with Crippen LogP contribution in [0.3, 0.4) is 0 Å². The number of unbranched alkanes of at least 4 members (excludes halogenated alkanes) is 1. The van der Waals surface area contributed by atoms with Crippen molar-refractivity contribution in [2.45, 2.75) is 50.7 Å². The Morgan fingerprint density at radius 2 is 1.82 bits per heavy atom. The van der Waals surface area contributed by atoms with Crippen molar-refractivity contribution in [1.29, 1.82) is 0 Å². The Morgan fingerprint density at radius 3 is 2.53 bits per heavy atom. The van der Waals surface area contributed by atoms with E-state index in [1.54, 1.807) is 7.11 Å². The van der Waals surface area contributed by atoms with E-state index in [1.165, 1.54) is 0 Å². The lowest BCUT2D eigenvalue weighted by Gasteiger charge is -2.26. The van der Waals surface area contributed by atoms with Gasteiger partial charge in [-0.05, 0) is 45.1 Å². The maximum absolute atomic E-state index is 9.38. The van der Waals surface area contributed by atoms with Crippen molar-refractivity contribution in [3.63, 3.8) is 0 Å². The van der Waals surface area contributed by atoms with Crippen LogP contribution < -0.4 is 5.32 Å². The fraction of sp³-hybridized carbons (Fsp3) is 1.00. The van der Waals surface area contributed by atoms with Crippen LogP contribution in [0.4, 0.5) is 0 Å². The summed E-state index contributed by atoms with van der Waals surface area (Å²) in [5, 5.41) is 12.9.